The van der Waals surface area contributed by atoms with Crippen LogP contribution in [0.1, 0.15) is 17.5 Å². The Morgan fingerprint density at radius 3 is 1.69 bits per heavy atom. The molecule has 140 valence electrons. The van der Waals surface area contributed by atoms with E-state index < -0.39 is 30.1 Å². The van der Waals surface area contributed by atoms with Crippen LogP contribution in [0.2, 0.25) is 0 Å². The number of rotatable bonds is 5. The second-order valence-electron chi connectivity index (χ2n) is 5.65. The van der Waals surface area contributed by atoms with Crippen molar-refractivity contribution in [2.75, 3.05) is 0 Å². The predicted molar refractivity (Wildman–Crippen MR) is 84.8 cm³/mol. The summed E-state index contributed by atoms with van der Waals surface area (Å²) in [6.07, 6.45) is -13.5. The van der Waals surface area contributed by atoms with Crippen LogP contribution in [-0.2, 0) is 6.54 Å². The molecule has 0 amide bonds. The van der Waals surface area contributed by atoms with E-state index in [9.17, 15) is 31.4 Å². The van der Waals surface area contributed by atoms with Gasteiger partial charge in [-0.1, -0.05) is 60.7 Å². The van der Waals surface area contributed by atoms with Crippen LogP contribution >= 0.6 is 0 Å². The fourth-order valence-corrected chi connectivity index (χ4v) is 2.25. The van der Waals surface area contributed by atoms with Gasteiger partial charge in [0.15, 0.2) is 0 Å². The van der Waals surface area contributed by atoms with Gasteiger partial charge in [-0.25, -0.2) is 0 Å². The number of aliphatic imine (C=N–C) groups is 1. The van der Waals surface area contributed by atoms with Crippen molar-refractivity contribution in [2.24, 2.45) is 4.99 Å². The van der Waals surface area contributed by atoms with Crippen molar-refractivity contribution in [3.63, 3.8) is 0 Å². The molecule has 0 bridgehead atoms. The van der Waals surface area contributed by atoms with E-state index in [4.69, 9.17) is 0 Å². The molecule has 0 fully saturated rings. The van der Waals surface area contributed by atoms with Crippen molar-refractivity contribution in [2.45, 2.75) is 30.9 Å². The summed E-state index contributed by atoms with van der Waals surface area (Å²) < 4.78 is 78.1. The lowest BCUT2D eigenvalue weighted by Crippen LogP contribution is -2.58. The summed E-state index contributed by atoms with van der Waals surface area (Å²) in [7, 11) is 0. The quantitative estimate of drug-likeness (QED) is 0.584. The van der Waals surface area contributed by atoms with Crippen LogP contribution in [0.25, 0.3) is 0 Å². The van der Waals surface area contributed by atoms with E-state index in [1.54, 1.807) is 36.4 Å². The van der Waals surface area contributed by atoms with Crippen LogP contribution in [-0.4, -0.2) is 28.8 Å². The summed E-state index contributed by atoms with van der Waals surface area (Å²) in [6.45, 7) is -0.114. The lowest BCUT2D eigenvalue weighted by molar-refractivity contribution is -0.365. The molecule has 0 saturated carbocycles. The summed E-state index contributed by atoms with van der Waals surface area (Å²) in [4.78, 5) is 3.93. The van der Waals surface area contributed by atoms with E-state index in [2.05, 4.69) is 4.99 Å². The summed E-state index contributed by atoms with van der Waals surface area (Å²) in [5.74, 6) is 0. The third-order valence-corrected chi connectivity index (χ3v) is 3.76. The summed E-state index contributed by atoms with van der Waals surface area (Å²) in [5.41, 5.74) is -4.67. The summed E-state index contributed by atoms with van der Waals surface area (Å²) >= 11 is 0. The highest BCUT2D eigenvalue weighted by Gasteiger charge is 2.70. The van der Waals surface area contributed by atoms with E-state index in [0.29, 0.717) is 5.56 Å². The lowest BCUT2D eigenvalue weighted by atomic mass is 9.91. The molecule has 2 aromatic rings. The Labute approximate surface area is 145 Å². The zero-order valence-electron chi connectivity index (χ0n) is 13.3. The molecule has 0 aliphatic heterocycles. The van der Waals surface area contributed by atoms with Gasteiger partial charge in [-0.15, -0.1) is 0 Å². The number of hydrogen-bond donors (Lipinski definition) is 1. The highest BCUT2D eigenvalue weighted by Crippen LogP contribution is 2.45. The average molecular weight is 375 g/mol. The summed E-state index contributed by atoms with van der Waals surface area (Å²) in [5, 5.41) is 9.48. The third kappa shape index (κ3) is 4.43. The van der Waals surface area contributed by atoms with Crippen LogP contribution < -0.4 is 0 Å². The van der Waals surface area contributed by atoms with E-state index >= 15 is 0 Å². The minimum absolute atomic E-state index is 0.0790. The standard InChI is InChI=1S/C18H15F6NO/c19-17(20,21)16(26,18(22,23)24)11-15(14-9-5-2-6-10-14)25-12-13-7-3-1-4-8-13/h1-10,26H,11-12H2. The molecular formula is C18H15F6NO. The molecule has 0 unspecified atom stereocenters. The number of alkyl halides is 6. The van der Waals surface area contributed by atoms with Gasteiger partial charge in [0.1, 0.15) is 0 Å². The first kappa shape index (κ1) is 20.0. The molecule has 1 N–H and O–H groups in total. The molecule has 2 nitrogen and oxygen atoms in total. The number of hydrogen-bond acceptors (Lipinski definition) is 2. The lowest BCUT2D eigenvalue weighted by Gasteiger charge is -2.32. The zero-order valence-corrected chi connectivity index (χ0v) is 13.3. The molecule has 0 aliphatic carbocycles. The first-order valence-corrected chi connectivity index (χ1v) is 7.53. The highest BCUT2D eigenvalue weighted by molar-refractivity contribution is 6.01. The van der Waals surface area contributed by atoms with Crippen molar-refractivity contribution < 1.29 is 31.4 Å². The van der Waals surface area contributed by atoms with Crippen LogP contribution in [0.5, 0.6) is 0 Å². The molecule has 0 saturated heterocycles. The van der Waals surface area contributed by atoms with Crippen LogP contribution in [0, 0.1) is 0 Å². The van der Waals surface area contributed by atoms with Gasteiger partial charge in [0.2, 0.25) is 0 Å². The average Bonchev–Trinajstić information content (AvgIpc) is 2.58. The van der Waals surface area contributed by atoms with Gasteiger partial charge in [0.25, 0.3) is 5.60 Å². The minimum Gasteiger partial charge on any atom is -0.373 e. The van der Waals surface area contributed by atoms with Crippen LogP contribution in [0.4, 0.5) is 26.3 Å². The predicted octanol–water partition coefficient (Wildman–Crippen LogP) is 4.92. The highest BCUT2D eigenvalue weighted by atomic mass is 19.4. The SMILES string of the molecule is OC(CC(=NCc1ccccc1)c1ccccc1)(C(F)(F)F)C(F)(F)F. The zero-order chi connectivity index (χ0) is 19.4. The first-order valence-electron chi connectivity index (χ1n) is 7.53. The van der Waals surface area contributed by atoms with Crippen molar-refractivity contribution in [3.8, 4) is 0 Å². The van der Waals surface area contributed by atoms with E-state index in [1.807, 2.05) is 0 Å². The molecule has 2 aromatic carbocycles. The van der Waals surface area contributed by atoms with E-state index in [1.165, 1.54) is 24.3 Å². The maximum Gasteiger partial charge on any atom is 0.426 e. The first-order chi connectivity index (χ1) is 12.0. The second kappa shape index (κ2) is 7.49. The van der Waals surface area contributed by atoms with Gasteiger partial charge >= 0.3 is 12.4 Å². The number of halogens is 6. The molecule has 26 heavy (non-hydrogen) atoms. The van der Waals surface area contributed by atoms with Crippen LogP contribution in [0.3, 0.4) is 0 Å². The Bertz CT molecular complexity index is 724. The minimum atomic E-state index is -5.90. The topological polar surface area (TPSA) is 32.6 Å². The Morgan fingerprint density at radius 2 is 1.23 bits per heavy atom. The maximum atomic E-state index is 13.0. The van der Waals surface area contributed by atoms with Crippen molar-refractivity contribution in [1.82, 2.24) is 0 Å². The molecular weight excluding hydrogens is 360 g/mol. The normalized spacial score (nSPS) is 13.7. The number of nitrogens with zero attached hydrogens (tertiary/aromatic N) is 1. The molecule has 0 aromatic heterocycles. The third-order valence-electron chi connectivity index (χ3n) is 3.76. The summed E-state index contributed by atoms with van der Waals surface area (Å²) in [6, 6.07) is 15.5. The molecule has 0 atom stereocenters. The monoisotopic (exact) mass is 375 g/mol. The Kier molecular flexibility index (Phi) is 5.75. The van der Waals surface area contributed by atoms with E-state index in [-0.39, 0.29) is 12.1 Å². The molecule has 0 heterocycles. The van der Waals surface area contributed by atoms with Crippen molar-refractivity contribution in [1.29, 1.82) is 0 Å². The van der Waals surface area contributed by atoms with Gasteiger partial charge in [0, 0.05) is 12.1 Å². The number of aliphatic hydroxyl groups is 1. The largest absolute Gasteiger partial charge is 0.426 e. The van der Waals surface area contributed by atoms with Gasteiger partial charge in [-0.05, 0) is 11.1 Å². The molecule has 0 aliphatic rings. The number of benzene rings is 2. The van der Waals surface area contributed by atoms with Crippen LogP contribution in [0.15, 0.2) is 65.7 Å². The van der Waals surface area contributed by atoms with Crippen molar-refractivity contribution >= 4 is 5.71 Å². The Hall–Kier alpha value is -2.35. The van der Waals surface area contributed by atoms with Gasteiger partial charge < -0.3 is 5.11 Å². The second-order valence-corrected chi connectivity index (χ2v) is 5.65. The Balaban J connectivity index is 2.44. The molecule has 8 heteroatoms. The van der Waals surface area contributed by atoms with E-state index in [0.717, 1.165) is 0 Å². The Morgan fingerprint density at radius 1 is 0.769 bits per heavy atom. The van der Waals surface area contributed by atoms with Crippen molar-refractivity contribution in [3.05, 3.63) is 71.8 Å². The maximum absolute atomic E-state index is 13.0. The van der Waals surface area contributed by atoms with Gasteiger partial charge in [-0.2, -0.15) is 26.3 Å². The molecule has 2 rings (SSSR count). The molecule has 0 spiro atoms. The van der Waals surface area contributed by atoms with Gasteiger partial charge in [0.05, 0.1) is 6.54 Å². The smallest absolute Gasteiger partial charge is 0.373 e. The van der Waals surface area contributed by atoms with Gasteiger partial charge in [-0.3, -0.25) is 4.99 Å². The fraction of sp³-hybridized carbons (Fsp3) is 0.278. The molecule has 0 radical (unpaired) electrons. The fourth-order valence-electron chi connectivity index (χ4n) is 2.25.